The summed E-state index contributed by atoms with van der Waals surface area (Å²) in [6.45, 7) is 3.82. The lowest BCUT2D eigenvalue weighted by Crippen LogP contribution is -2.54. The van der Waals surface area contributed by atoms with Crippen molar-refractivity contribution in [2.24, 2.45) is 17.8 Å². The van der Waals surface area contributed by atoms with E-state index in [0.717, 1.165) is 10.5 Å². The average Bonchev–Trinajstić information content (AvgIpc) is 3.15. The molecule has 0 spiro atoms. The van der Waals surface area contributed by atoms with Crippen molar-refractivity contribution in [2.75, 3.05) is 7.05 Å². The Morgan fingerprint density at radius 1 is 1.18 bits per heavy atom. The second-order valence-corrected chi connectivity index (χ2v) is 7.98. The Morgan fingerprint density at radius 3 is 2.36 bits per heavy atom. The molecule has 0 radical (unpaired) electrons. The van der Waals surface area contributed by atoms with E-state index >= 15 is 0 Å². The molecule has 2 heterocycles. The number of rotatable bonds is 6. The number of nitrogens with one attached hydrogen (secondary N) is 2. The Balaban J connectivity index is 1.87. The van der Waals surface area contributed by atoms with Crippen LogP contribution in [-0.2, 0) is 14.4 Å². The summed E-state index contributed by atoms with van der Waals surface area (Å²) in [6, 6.07) is 7.84. The normalized spacial score (nSPS) is 27.9. The van der Waals surface area contributed by atoms with Crippen LogP contribution in [-0.4, -0.2) is 58.8 Å². The summed E-state index contributed by atoms with van der Waals surface area (Å²) in [6.07, 6.45) is 0.374. The molecule has 0 bridgehead atoms. The molecule has 2 saturated heterocycles. The topological polar surface area (TPSA) is 119 Å². The second-order valence-electron chi connectivity index (χ2n) is 7.98. The molecular formula is C19H26BN3O5. The second kappa shape index (κ2) is 8.02. The van der Waals surface area contributed by atoms with Crippen LogP contribution in [0.4, 0.5) is 0 Å². The van der Waals surface area contributed by atoms with Crippen molar-refractivity contribution in [2.45, 2.75) is 38.3 Å². The molecule has 0 aliphatic carbocycles. The smallest absolute Gasteiger partial charge is 0.426 e. The fourth-order valence-corrected chi connectivity index (χ4v) is 4.20. The maximum atomic E-state index is 12.9. The predicted octanol–water partition coefficient (Wildman–Crippen LogP) is -0.527. The lowest BCUT2D eigenvalue weighted by atomic mass is 9.74. The number of carbonyl (C=O) groups excluding carboxylic acids is 3. The standard InChI is InChI=1S/C19H26BN3O5/c1-10(2)9-12(20(27)28)21-17(24)16-14-13(18(25)23(3)19(14)26)15(22-16)11-7-5-4-6-8-11/h4-8,10,12-16,22,27-28H,9H2,1-3H3,(H,21,24)/t12?,13-,14+,15-,16-/m1/s1. The number of hydrogen-bond donors (Lipinski definition) is 4. The maximum absolute atomic E-state index is 12.9. The van der Waals surface area contributed by atoms with Gasteiger partial charge < -0.3 is 15.4 Å². The summed E-state index contributed by atoms with van der Waals surface area (Å²) in [7, 11) is -0.281. The molecule has 0 aromatic heterocycles. The summed E-state index contributed by atoms with van der Waals surface area (Å²) in [5.74, 6) is -3.43. The molecule has 1 aromatic carbocycles. The highest BCUT2D eigenvalue weighted by Gasteiger charge is 2.60. The molecule has 5 atom stereocenters. The van der Waals surface area contributed by atoms with Crippen LogP contribution < -0.4 is 10.6 Å². The zero-order chi connectivity index (χ0) is 20.6. The van der Waals surface area contributed by atoms with E-state index in [1.54, 1.807) is 0 Å². The van der Waals surface area contributed by atoms with E-state index in [9.17, 15) is 24.4 Å². The molecule has 1 unspecified atom stereocenters. The fourth-order valence-electron chi connectivity index (χ4n) is 4.20. The van der Waals surface area contributed by atoms with Crippen LogP contribution >= 0.6 is 0 Å². The molecule has 2 aliphatic heterocycles. The van der Waals surface area contributed by atoms with Gasteiger partial charge in [0.15, 0.2) is 0 Å². The first kappa shape index (κ1) is 20.5. The van der Waals surface area contributed by atoms with E-state index in [-0.39, 0.29) is 11.8 Å². The molecule has 9 heteroatoms. The molecule has 1 aromatic rings. The van der Waals surface area contributed by atoms with E-state index in [0.29, 0.717) is 6.42 Å². The van der Waals surface area contributed by atoms with Gasteiger partial charge in [-0.25, -0.2) is 0 Å². The predicted molar refractivity (Wildman–Crippen MR) is 102 cm³/mol. The van der Waals surface area contributed by atoms with Crippen LogP contribution in [0.1, 0.15) is 31.9 Å². The molecule has 0 saturated carbocycles. The van der Waals surface area contributed by atoms with E-state index in [2.05, 4.69) is 10.6 Å². The molecule has 2 aliphatic rings. The van der Waals surface area contributed by atoms with Crippen LogP contribution in [0.3, 0.4) is 0 Å². The summed E-state index contributed by atoms with van der Waals surface area (Å²) in [5, 5.41) is 25.0. The first-order valence-corrected chi connectivity index (χ1v) is 9.51. The van der Waals surface area contributed by atoms with Crippen LogP contribution in [0.25, 0.3) is 0 Å². The molecule has 3 rings (SSSR count). The number of benzene rings is 1. The van der Waals surface area contributed by atoms with Crippen molar-refractivity contribution in [1.82, 2.24) is 15.5 Å². The molecular weight excluding hydrogens is 361 g/mol. The summed E-state index contributed by atoms with van der Waals surface area (Å²) >= 11 is 0. The van der Waals surface area contributed by atoms with Crippen LogP contribution in [0, 0.1) is 17.8 Å². The highest BCUT2D eigenvalue weighted by atomic mass is 16.4. The molecule has 28 heavy (non-hydrogen) atoms. The van der Waals surface area contributed by atoms with Gasteiger partial charge in [-0.1, -0.05) is 44.2 Å². The number of fused-ring (bicyclic) bond motifs is 1. The van der Waals surface area contributed by atoms with Gasteiger partial charge in [0.25, 0.3) is 0 Å². The van der Waals surface area contributed by atoms with Crippen molar-refractivity contribution in [3.8, 4) is 0 Å². The fraction of sp³-hybridized carbons (Fsp3) is 0.526. The molecule has 8 nitrogen and oxygen atoms in total. The van der Waals surface area contributed by atoms with Crippen LogP contribution in [0.5, 0.6) is 0 Å². The van der Waals surface area contributed by atoms with E-state index in [1.165, 1.54) is 7.05 Å². The van der Waals surface area contributed by atoms with Crippen molar-refractivity contribution >= 4 is 24.8 Å². The molecule has 2 fully saturated rings. The Bertz CT molecular complexity index is 757. The average molecular weight is 387 g/mol. The van der Waals surface area contributed by atoms with E-state index < -0.39 is 48.8 Å². The SMILES string of the molecule is CC(C)CC(NC(=O)[C@@H]1N[C@H](c2ccccc2)[C@@H]2C(=O)N(C)C(=O)[C@@H]21)B(O)O. The minimum absolute atomic E-state index is 0.134. The monoisotopic (exact) mass is 387 g/mol. The third-order valence-corrected chi connectivity index (χ3v) is 5.55. The summed E-state index contributed by atoms with van der Waals surface area (Å²) in [4.78, 5) is 39.4. The third kappa shape index (κ3) is 3.69. The zero-order valence-corrected chi connectivity index (χ0v) is 16.2. The third-order valence-electron chi connectivity index (χ3n) is 5.55. The van der Waals surface area contributed by atoms with E-state index in [1.807, 2.05) is 44.2 Å². The van der Waals surface area contributed by atoms with Gasteiger partial charge in [-0.3, -0.25) is 24.6 Å². The molecule has 3 amide bonds. The minimum Gasteiger partial charge on any atom is -0.426 e. The maximum Gasteiger partial charge on any atom is 0.475 e. The van der Waals surface area contributed by atoms with Crippen molar-refractivity contribution in [1.29, 1.82) is 0 Å². The summed E-state index contributed by atoms with van der Waals surface area (Å²) < 4.78 is 0. The van der Waals surface area contributed by atoms with E-state index in [4.69, 9.17) is 0 Å². The first-order valence-electron chi connectivity index (χ1n) is 9.51. The van der Waals surface area contributed by atoms with Crippen molar-refractivity contribution in [3.05, 3.63) is 35.9 Å². The quantitative estimate of drug-likeness (QED) is 0.385. The van der Waals surface area contributed by atoms with Gasteiger partial charge in [0.1, 0.15) is 0 Å². The minimum atomic E-state index is -1.71. The first-order chi connectivity index (χ1) is 13.2. The number of carbonyl (C=O) groups is 3. The highest BCUT2D eigenvalue weighted by Crippen LogP contribution is 2.43. The van der Waals surface area contributed by atoms with Crippen LogP contribution in [0.15, 0.2) is 30.3 Å². The lowest BCUT2D eigenvalue weighted by molar-refractivity contribution is -0.140. The Hall–Kier alpha value is -2.23. The number of amides is 3. The number of nitrogens with zero attached hydrogens (tertiary/aromatic N) is 1. The Morgan fingerprint density at radius 2 is 1.79 bits per heavy atom. The Labute approximate surface area is 164 Å². The van der Waals surface area contributed by atoms with Crippen molar-refractivity contribution in [3.63, 3.8) is 0 Å². The van der Waals surface area contributed by atoms with Gasteiger partial charge in [-0.05, 0) is 17.9 Å². The number of hydrogen-bond acceptors (Lipinski definition) is 6. The van der Waals surface area contributed by atoms with Gasteiger partial charge in [0.05, 0.1) is 23.8 Å². The summed E-state index contributed by atoms with van der Waals surface area (Å²) in [5.41, 5.74) is 0.824. The zero-order valence-electron chi connectivity index (χ0n) is 16.2. The molecule has 150 valence electrons. The highest BCUT2D eigenvalue weighted by molar-refractivity contribution is 6.43. The number of likely N-dealkylation sites (tertiary alicyclic amines) is 1. The Kier molecular flexibility index (Phi) is 5.88. The van der Waals surface area contributed by atoms with Crippen molar-refractivity contribution < 1.29 is 24.4 Å². The molecule has 4 N–H and O–H groups in total. The largest absolute Gasteiger partial charge is 0.475 e. The van der Waals surface area contributed by atoms with Crippen LogP contribution in [0.2, 0.25) is 0 Å². The van der Waals surface area contributed by atoms with Gasteiger partial charge in [0.2, 0.25) is 17.7 Å². The van der Waals surface area contributed by atoms with Gasteiger partial charge in [0, 0.05) is 13.1 Å². The number of imide groups is 1. The van der Waals surface area contributed by atoms with Gasteiger partial charge >= 0.3 is 7.12 Å². The lowest BCUT2D eigenvalue weighted by Gasteiger charge is -2.24. The van der Waals surface area contributed by atoms with Gasteiger partial charge in [-0.15, -0.1) is 0 Å². The van der Waals surface area contributed by atoms with Gasteiger partial charge in [-0.2, -0.15) is 0 Å².